The summed E-state index contributed by atoms with van der Waals surface area (Å²) in [6.07, 6.45) is 0.951. The molecule has 3 nitrogen and oxygen atoms in total. The van der Waals surface area contributed by atoms with Gasteiger partial charge in [0.1, 0.15) is 0 Å². The fourth-order valence-corrected chi connectivity index (χ4v) is 1.67. The summed E-state index contributed by atoms with van der Waals surface area (Å²) in [6, 6.07) is 5.90. The Labute approximate surface area is 109 Å². The molecule has 0 heterocycles. The first-order valence-electron chi connectivity index (χ1n) is 5.64. The number of hydrogen-bond donors (Lipinski definition) is 2. The first-order valence-corrected chi connectivity index (χ1v) is 5.64. The number of benzene rings is 1. The van der Waals surface area contributed by atoms with E-state index in [1.54, 1.807) is 0 Å². The van der Waals surface area contributed by atoms with Crippen molar-refractivity contribution >= 4 is 18.3 Å². The molecule has 0 fully saturated rings. The highest BCUT2D eigenvalue weighted by atomic mass is 35.5. The van der Waals surface area contributed by atoms with Crippen molar-refractivity contribution < 1.29 is 4.79 Å². The van der Waals surface area contributed by atoms with Gasteiger partial charge in [-0.1, -0.05) is 17.2 Å². The molecule has 1 rings (SSSR count). The summed E-state index contributed by atoms with van der Waals surface area (Å²) in [7, 11) is 1.91. The van der Waals surface area contributed by atoms with Gasteiger partial charge in [0.25, 0.3) is 5.91 Å². The third-order valence-electron chi connectivity index (χ3n) is 2.37. The molecule has 0 atom stereocenters. The first kappa shape index (κ1) is 15.9. The Morgan fingerprint density at radius 2 is 1.71 bits per heavy atom. The number of hydrogen-bond acceptors (Lipinski definition) is 2. The van der Waals surface area contributed by atoms with Gasteiger partial charge in [-0.3, -0.25) is 4.79 Å². The second kappa shape index (κ2) is 8.09. The van der Waals surface area contributed by atoms with Gasteiger partial charge in [-0.05, 0) is 46.0 Å². The van der Waals surface area contributed by atoms with Gasteiger partial charge in [-0.25, -0.2) is 0 Å². The van der Waals surface area contributed by atoms with Crippen LogP contribution in [0.25, 0.3) is 0 Å². The van der Waals surface area contributed by atoms with E-state index >= 15 is 0 Å². The van der Waals surface area contributed by atoms with Gasteiger partial charge < -0.3 is 10.6 Å². The molecule has 0 aliphatic carbocycles. The van der Waals surface area contributed by atoms with Crippen molar-refractivity contribution in [1.82, 2.24) is 10.6 Å². The standard InChI is InChI=1S/C13H20N2O.ClH/c1-10-7-11(2)9-12(8-10)13(16)15-6-4-5-14-3;/h7-9,14H,4-6H2,1-3H3,(H,15,16);1H. The zero-order chi connectivity index (χ0) is 12.0. The van der Waals surface area contributed by atoms with Crippen molar-refractivity contribution in [3.05, 3.63) is 34.9 Å². The molecule has 4 heteroatoms. The van der Waals surface area contributed by atoms with Crippen LogP contribution in [0, 0.1) is 13.8 Å². The fraction of sp³-hybridized carbons (Fsp3) is 0.462. The maximum atomic E-state index is 11.8. The highest BCUT2D eigenvalue weighted by Crippen LogP contribution is 2.08. The van der Waals surface area contributed by atoms with E-state index in [1.807, 2.05) is 33.0 Å². The second-order valence-corrected chi connectivity index (χ2v) is 4.09. The summed E-state index contributed by atoms with van der Waals surface area (Å²) in [6.45, 7) is 5.65. The van der Waals surface area contributed by atoms with Gasteiger partial charge in [0, 0.05) is 12.1 Å². The summed E-state index contributed by atoms with van der Waals surface area (Å²) in [5.74, 6) is 0.0166. The Bertz CT molecular complexity index is 346. The van der Waals surface area contributed by atoms with Crippen molar-refractivity contribution in [2.45, 2.75) is 20.3 Å². The minimum atomic E-state index is 0. The van der Waals surface area contributed by atoms with E-state index in [9.17, 15) is 4.79 Å². The van der Waals surface area contributed by atoms with Crippen molar-refractivity contribution in [2.75, 3.05) is 20.1 Å². The zero-order valence-electron chi connectivity index (χ0n) is 10.7. The lowest BCUT2D eigenvalue weighted by Crippen LogP contribution is -2.26. The molecule has 1 aromatic carbocycles. The minimum absolute atomic E-state index is 0. The fourth-order valence-electron chi connectivity index (χ4n) is 1.67. The molecule has 0 aromatic heterocycles. The topological polar surface area (TPSA) is 41.1 Å². The molecular weight excluding hydrogens is 236 g/mol. The van der Waals surface area contributed by atoms with E-state index in [-0.39, 0.29) is 18.3 Å². The van der Waals surface area contributed by atoms with Crippen LogP contribution >= 0.6 is 12.4 Å². The molecule has 96 valence electrons. The van der Waals surface area contributed by atoms with E-state index in [1.165, 1.54) is 0 Å². The zero-order valence-corrected chi connectivity index (χ0v) is 11.5. The molecule has 0 unspecified atom stereocenters. The predicted octanol–water partition coefficient (Wildman–Crippen LogP) is 2.06. The van der Waals surface area contributed by atoms with Crippen LogP contribution in [0.2, 0.25) is 0 Å². The van der Waals surface area contributed by atoms with E-state index < -0.39 is 0 Å². The van der Waals surface area contributed by atoms with Crippen LogP contribution < -0.4 is 10.6 Å². The largest absolute Gasteiger partial charge is 0.352 e. The maximum absolute atomic E-state index is 11.8. The van der Waals surface area contributed by atoms with Gasteiger partial charge >= 0.3 is 0 Å². The lowest BCUT2D eigenvalue weighted by molar-refractivity contribution is 0.0953. The van der Waals surface area contributed by atoms with Crippen LogP contribution in [0.5, 0.6) is 0 Å². The third kappa shape index (κ3) is 5.71. The lowest BCUT2D eigenvalue weighted by Gasteiger charge is -2.06. The molecule has 0 saturated carbocycles. The highest BCUT2D eigenvalue weighted by Gasteiger charge is 2.05. The molecule has 0 saturated heterocycles. The summed E-state index contributed by atoms with van der Waals surface area (Å²) in [5, 5.41) is 5.96. The van der Waals surface area contributed by atoms with Gasteiger partial charge in [-0.2, -0.15) is 0 Å². The molecule has 1 aromatic rings. The van der Waals surface area contributed by atoms with Crippen LogP contribution in [0.4, 0.5) is 0 Å². The van der Waals surface area contributed by atoms with Crippen LogP contribution in [-0.2, 0) is 0 Å². The number of carbonyl (C=O) groups excluding carboxylic acids is 1. The van der Waals surface area contributed by atoms with Gasteiger partial charge in [0.2, 0.25) is 0 Å². The van der Waals surface area contributed by atoms with Crippen molar-refractivity contribution in [1.29, 1.82) is 0 Å². The maximum Gasteiger partial charge on any atom is 0.251 e. The highest BCUT2D eigenvalue weighted by molar-refractivity contribution is 5.94. The number of rotatable bonds is 5. The van der Waals surface area contributed by atoms with Crippen LogP contribution in [0.1, 0.15) is 27.9 Å². The van der Waals surface area contributed by atoms with Crippen LogP contribution in [0.15, 0.2) is 18.2 Å². The van der Waals surface area contributed by atoms with Gasteiger partial charge in [0.05, 0.1) is 0 Å². The van der Waals surface area contributed by atoms with Crippen molar-refractivity contribution in [3.63, 3.8) is 0 Å². The number of aryl methyl sites for hydroxylation is 2. The molecule has 2 N–H and O–H groups in total. The summed E-state index contributed by atoms with van der Waals surface area (Å²) in [5.41, 5.74) is 3.00. The van der Waals surface area contributed by atoms with Crippen molar-refractivity contribution in [3.8, 4) is 0 Å². The molecule has 0 spiro atoms. The Hall–Kier alpha value is -1.06. The Morgan fingerprint density at radius 3 is 2.24 bits per heavy atom. The average Bonchev–Trinajstić information content (AvgIpc) is 2.22. The van der Waals surface area contributed by atoms with Crippen LogP contribution in [-0.4, -0.2) is 26.0 Å². The quantitative estimate of drug-likeness (QED) is 0.792. The molecule has 0 radical (unpaired) electrons. The Morgan fingerprint density at radius 1 is 1.12 bits per heavy atom. The molecule has 17 heavy (non-hydrogen) atoms. The third-order valence-corrected chi connectivity index (χ3v) is 2.37. The minimum Gasteiger partial charge on any atom is -0.352 e. The molecule has 0 bridgehead atoms. The summed E-state index contributed by atoms with van der Waals surface area (Å²) >= 11 is 0. The molecule has 0 aliphatic rings. The number of halogens is 1. The smallest absolute Gasteiger partial charge is 0.251 e. The number of nitrogens with one attached hydrogen (secondary N) is 2. The monoisotopic (exact) mass is 256 g/mol. The van der Waals surface area contributed by atoms with E-state index in [2.05, 4.69) is 16.7 Å². The first-order chi connectivity index (χ1) is 7.63. The number of carbonyl (C=O) groups is 1. The summed E-state index contributed by atoms with van der Waals surface area (Å²) < 4.78 is 0. The van der Waals surface area contributed by atoms with Gasteiger partial charge in [0.15, 0.2) is 0 Å². The predicted molar refractivity (Wildman–Crippen MR) is 74.0 cm³/mol. The van der Waals surface area contributed by atoms with Crippen molar-refractivity contribution in [2.24, 2.45) is 0 Å². The molecule has 0 aliphatic heterocycles. The Balaban J connectivity index is 0.00000256. The van der Waals surface area contributed by atoms with Crippen LogP contribution in [0.3, 0.4) is 0 Å². The van der Waals surface area contributed by atoms with E-state index in [0.717, 1.165) is 29.7 Å². The number of amides is 1. The Kier molecular flexibility index (Phi) is 7.59. The van der Waals surface area contributed by atoms with E-state index in [4.69, 9.17) is 0 Å². The SMILES string of the molecule is CNCCCNC(=O)c1cc(C)cc(C)c1.Cl. The lowest BCUT2D eigenvalue weighted by atomic mass is 10.1. The average molecular weight is 257 g/mol. The molecular formula is C13H21ClN2O. The summed E-state index contributed by atoms with van der Waals surface area (Å²) in [4.78, 5) is 11.8. The van der Waals surface area contributed by atoms with Gasteiger partial charge in [-0.15, -0.1) is 12.4 Å². The van der Waals surface area contributed by atoms with E-state index in [0.29, 0.717) is 6.54 Å². The second-order valence-electron chi connectivity index (χ2n) is 4.09. The molecule has 1 amide bonds. The normalized spacial score (nSPS) is 9.59.